The Hall–Kier alpha value is -1.85. The van der Waals surface area contributed by atoms with Crippen LogP contribution >= 0.6 is 22.9 Å². The molecule has 0 saturated carbocycles. The zero-order chi connectivity index (χ0) is 17.6. The van der Waals surface area contributed by atoms with Crippen molar-refractivity contribution in [2.75, 3.05) is 0 Å². The summed E-state index contributed by atoms with van der Waals surface area (Å²) in [7, 11) is 0. The lowest BCUT2D eigenvalue weighted by molar-refractivity contribution is 0.301. The van der Waals surface area contributed by atoms with Crippen molar-refractivity contribution in [1.29, 1.82) is 0 Å². The van der Waals surface area contributed by atoms with Crippen LogP contribution in [0.3, 0.4) is 0 Å². The lowest BCUT2D eigenvalue weighted by atomic mass is 10.0. The molecule has 0 unspecified atom stereocenters. The Morgan fingerprint density at radius 2 is 1.92 bits per heavy atom. The molecule has 1 aromatic carbocycles. The van der Waals surface area contributed by atoms with E-state index in [0.717, 1.165) is 51.8 Å². The molecule has 0 atom stereocenters. The van der Waals surface area contributed by atoms with Gasteiger partial charge in [0.2, 0.25) is 0 Å². The van der Waals surface area contributed by atoms with Crippen molar-refractivity contribution in [2.24, 2.45) is 0 Å². The topological polar surface area (TPSA) is 43.6 Å². The Bertz CT molecular complexity index is 999. The molecule has 4 rings (SSSR count). The SMILES string of the molecule is Cc1cc(OCc2cc(=O)n3c4c(sc3n2)CCCC4)cc(C)c1Cl. The number of halogens is 1. The van der Waals surface area contributed by atoms with E-state index < -0.39 is 0 Å². The molecule has 1 aliphatic rings. The Labute approximate surface area is 155 Å². The quantitative estimate of drug-likeness (QED) is 0.678. The number of ether oxygens (including phenoxy) is 1. The summed E-state index contributed by atoms with van der Waals surface area (Å²) in [6.45, 7) is 4.18. The van der Waals surface area contributed by atoms with Gasteiger partial charge in [-0.05, 0) is 62.8 Å². The van der Waals surface area contributed by atoms with E-state index in [1.807, 2.05) is 26.0 Å². The molecule has 1 aliphatic carbocycles. The van der Waals surface area contributed by atoms with Crippen LogP contribution in [-0.2, 0) is 19.4 Å². The average Bonchev–Trinajstić information content (AvgIpc) is 2.96. The first-order chi connectivity index (χ1) is 12.0. The summed E-state index contributed by atoms with van der Waals surface area (Å²) in [5.41, 5.74) is 3.76. The van der Waals surface area contributed by atoms with Crippen LogP contribution < -0.4 is 10.3 Å². The molecule has 6 heteroatoms. The zero-order valence-electron chi connectivity index (χ0n) is 14.3. The maximum absolute atomic E-state index is 12.6. The molecule has 3 aromatic rings. The third-order valence-corrected chi connectivity index (χ3v) is 6.35. The normalized spacial score (nSPS) is 13.9. The van der Waals surface area contributed by atoms with E-state index in [1.165, 1.54) is 11.3 Å². The fraction of sp³-hybridized carbons (Fsp3) is 0.368. The molecule has 2 aromatic heterocycles. The number of hydrogen-bond donors (Lipinski definition) is 0. The number of nitrogens with zero attached hydrogens (tertiary/aromatic N) is 2. The molecule has 2 heterocycles. The van der Waals surface area contributed by atoms with E-state index in [2.05, 4.69) is 4.98 Å². The van der Waals surface area contributed by atoms with E-state index in [1.54, 1.807) is 21.8 Å². The standard InChI is InChI=1S/C19H19ClN2O2S/c1-11-7-14(8-12(2)18(11)20)24-10-13-9-17(23)22-15-5-3-4-6-16(15)25-19(22)21-13/h7-9H,3-6,10H2,1-2H3. The van der Waals surface area contributed by atoms with Gasteiger partial charge in [-0.25, -0.2) is 4.98 Å². The van der Waals surface area contributed by atoms with Gasteiger partial charge in [-0.2, -0.15) is 0 Å². The molecule has 0 aliphatic heterocycles. The van der Waals surface area contributed by atoms with Crippen LogP contribution in [0.25, 0.3) is 4.96 Å². The largest absolute Gasteiger partial charge is 0.487 e. The highest BCUT2D eigenvalue weighted by Crippen LogP contribution is 2.29. The minimum atomic E-state index is -0.00790. The molecule has 0 bridgehead atoms. The van der Waals surface area contributed by atoms with Crippen molar-refractivity contribution in [3.05, 3.63) is 61.0 Å². The van der Waals surface area contributed by atoms with E-state index >= 15 is 0 Å². The maximum Gasteiger partial charge on any atom is 0.259 e. The van der Waals surface area contributed by atoms with E-state index in [-0.39, 0.29) is 12.2 Å². The van der Waals surface area contributed by atoms with Gasteiger partial charge in [0.05, 0.1) is 5.69 Å². The molecule has 0 amide bonds. The van der Waals surface area contributed by atoms with Gasteiger partial charge in [0.15, 0.2) is 4.96 Å². The van der Waals surface area contributed by atoms with E-state index in [4.69, 9.17) is 16.3 Å². The molecular formula is C19H19ClN2O2S. The maximum atomic E-state index is 12.6. The highest BCUT2D eigenvalue weighted by molar-refractivity contribution is 7.17. The van der Waals surface area contributed by atoms with Crippen LogP contribution in [0, 0.1) is 13.8 Å². The molecule has 0 spiro atoms. The van der Waals surface area contributed by atoms with Gasteiger partial charge in [-0.1, -0.05) is 11.6 Å². The third kappa shape index (κ3) is 3.07. The number of hydrogen-bond acceptors (Lipinski definition) is 4. The minimum absolute atomic E-state index is 0.00790. The number of aryl methyl sites for hydroxylation is 4. The number of thiazole rings is 1. The summed E-state index contributed by atoms with van der Waals surface area (Å²) < 4.78 is 7.63. The second-order valence-corrected chi connectivity index (χ2v) is 7.98. The molecule has 130 valence electrons. The van der Waals surface area contributed by atoms with E-state index in [9.17, 15) is 4.79 Å². The van der Waals surface area contributed by atoms with Crippen molar-refractivity contribution in [3.8, 4) is 5.75 Å². The lowest BCUT2D eigenvalue weighted by Crippen LogP contribution is -2.18. The van der Waals surface area contributed by atoms with Gasteiger partial charge in [0.25, 0.3) is 5.56 Å². The summed E-state index contributed by atoms with van der Waals surface area (Å²) in [4.78, 5) is 19.3. The number of benzene rings is 1. The van der Waals surface area contributed by atoms with Crippen LogP contribution in [-0.4, -0.2) is 9.38 Å². The van der Waals surface area contributed by atoms with E-state index in [0.29, 0.717) is 5.69 Å². The highest BCUT2D eigenvalue weighted by Gasteiger charge is 2.18. The van der Waals surface area contributed by atoms with Crippen molar-refractivity contribution in [2.45, 2.75) is 46.1 Å². The van der Waals surface area contributed by atoms with Crippen molar-refractivity contribution in [1.82, 2.24) is 9.38 Å². The molecular weight excluding hydrogens is 356 g/mol. The fourth-order valence-corrected chi connectivity index (χ4v) is 4.70. The van der Waals surface area contributed by atoms with Gasteiger partial charge in [-0.15, -0.1) is 11.3 Å². The van der Waals surface area contributed by atoms with Crippen LogP contribution in [0.1, 0.15) is 40.2 Å². The second kappa shape index (κ2) is 6.46. The Balaban J connectivity index is 1.63. The third-order valence-electron chi connectivity index (χ3n) is 4.61. The average molecular weight is 375 g/mol. The molecule has 0 fully saturated rings. The summed E-state index contributed by atoms with van der Waals surface area (Å²) >= 11 is 7.83. The number of fused-ring (bicyclic) bond motifs is 3. The first-order valence-electron chi connectivity index (χ1n) is 8.45. The van der Waals surface area contributed by atoms with Crippen LogP contribution in [0.15, 0.2) is 23.0 Å². The molecule has 4 nitrogen and oxygen atoms in total. The highest BCUT2D eigenvalue weighted by atomic mass is 35.5. The first kappa shape index (κ1) is 16.6. The lowest BCUT2D eigenvalue weighted by Gasteiger charge is -2.11. The molecule has 0 radical (unpaired) electrons. The number of aromatic nitrogens is 2. The van der Waals surface area contributed by atoms with Crippen LogP contribution in [0.2, 0.25) is 5.02 Å². The van der Waals surface area contributed by atoms with Crippen LogP contribution in [0.4, 0.5) is 0 Å². The Morgan fingerprint density at radius 3 is 2.68 bits per heavy atom. The molecule has 25 heavy (non-hydrogen) atoms. The van der Waals surface area contributed by atoms with Gasteiger partial charge < -0.3 is 4.74 Å². The van der Waals surface area contributed by atoms with Crippen molar-refractivity contribution >= 4 is 27.9 Å². The summed E-state index contributed by atoms with van der Waals surface area (Å²) in [5, 5.41) is 0.759. The second-order valence-electron chi connectivity index (χ2n) is 6.54. The van der Waals surface area contributed by atoms with Gasteiger partial charge in [-0.3, -0.25) is 9.20 Å². The van der Waals surface area contributed by atoms with Crippen molar-refractivity contribution < 1.29 is 4.74 Å². The monoisotopic (exact) mass is 374 g/mol. The van der Waals surface area contributed by atoms with Crippen molar-refractivity contribution in [3.63, 3.8) is 0 Å². The summed E-state index contributed by atoms with van der Waals surface area (Å²) in [5.74, 6) is 0.742. The first-order valence-corrected chi connectivity index (χ1v) is 9.65. The minimum Gasteiger partial charge on any atom is -0.487 e. The van der Waals surface area contributed by atoms with Gasteiger partial charge >= 0.3 is 0 Å². The van der Waals surface area contributed by atoms with Crippen LogP contribution in [0.5, 0.6) is 5.75 Å². The zero-order valence-corrected chi connectivity index (χ0v) is 15.8. The number of rotatable bonds is 3. The predicted octanol–water partition coefficient (Wildman–Crippen LogP) is 4.48. The Morgan fingerprint density at radius 1 is 1.20 bits per heavy atom. The smallest absolute Gasteiger partial charge is 0.259 e. The molecule has 0 saturated heterocycles. The predicted molar refractivity (Wildman–Crippen MR) is 101 cm³/mol. The summed E-state index contributed by atoms with van der Waals surface area (Å²) in [6.07, 6.45) is 4.36. The van der Waals surface area contributed by atoms with Gasteiger partial charge in [0.1, 0.15) is 12.4 Å². The fourth-order valence-electron chi connectivity index (χ4n) is 3.36. The Kier molecular flexibility index (Phi) is 4.29. The van der Waals surface area contributed by atoms with Gasteiger partial charge in [0, 0.05) is 21.7 Å². The summed E-state index contributed by atoms with van der Waals surface area (Å²) in [6, 6.07) is 5.40. The molecule has 0 N–H and O–H groups in total.